The predicted molar refractivity (Wildman–Crippen MR) is 83.5 cm³/mol. The van der Waals surface area contributed by atoms with Gasteiger partial charge >= 0.3 is 0 Å². The Kier molecular flexibility index (Phi) is 4.24. The molecular weight excluding hydrogens is 244 g/mol. The lowest BCUT2D eigenvalue weighted by Crippen LogP contribution is -2.46. The van der Waals surface area contributed by atoms with Crippen LogP contribution in [0, 0.1) is 29.1 Å². The number of Topliss-reactive ketones (excluding diaryl/α,β-unsaturated/α-hetero) is 1. The molecule has 0 aliphatic heterocycles. The van der Waals surface area contributed by atoms with Crippen molar-refractivity contribution in [3.05, 3.63) is 0 Å². The maximum atomic E-state index is 12.5. The summed E-state index contributed by atoms with van der Waals surface area (Å²) >= 11 is 0. The van der Waals surface area contributed by atoms with E-state index in [4.69, 9.17) is 0 Å². The fourth-order valence-electron chi connectivity index (χ4n) is 6.20. The zero-order chi connectivity index (χ0) is 14.2. The number of hydrogen-bond donors (Lipinski definition) is 0. The van der Waals surface area contributed by atoms with Crippen molar-refractivity contribution in [2.24, 2.45) is 29.1 Å². The summed E-state index contributed by atoms with van der Waals surface area (Å²) in [7, 11) is 0. The molecule has 1 heteroatoms. The molecule has 1 nitrogen and oxygen atoms in total. The molecule has 0 saturated heterocycles. The Morgan fingerprint density at radius 3 is 2.70 bits per heavy atom. The Balaban J connectivity index is 1.78. The zero-order valence-corrected chi connectivity index (χ0v) is 13.5. The van der Waals surface area contributed by atoms with Crippen molar-refractivity contribution in [3.8, 4) is 0 Å². The molecule has 0 N–H and O–H groups in total. The third-order valence-electron chi connectivity index (χ3n) is 7.22. The van der Waals surface area contributed by atoms with E-state index >= 15 is 0 Å². The molecule has 0 spiro atoms. The number of carbonyl (C=O) groups excluding carboxylic acids is 1. The quantitative estimate of drug-likeness (QED) is 0.674. The first-order chi connectivity index (χ1) is 9.73. The topological polar surface area (TPSA) is 17.1 Å². The molecule has 20 heavy (non-hydrogen) atoms. The van der Waals surface area contributed by atoms with Crippen LogP contribution in [0.15, 0.2) is 0 Å². The Hall–Kier alpha value is -0.330. The Bertz CT molecular complexity index is 361. The normalized spacial score (nSPS) is 44.2. The molecule has 0 unspecified atom stereocenters. The van der Waals surface area contributed by atoms with Gasteiger partial charge in [-0.15, -0.1) is 0 Å². The van der Waals surface area contributed by atoms with Gasteiger partial charge in [-0.1, -0.05) is 46.0 Å². The number of fused-ring (bicyclic) bond motifs is 3. The van der Waals surface area contributed by atoms with E-state index in [2.05, 4.69) is 13.8 Å². The van der Waals surface area contributed by atoms with E-state index in [9.17, 15) is 4.79 Å². The van der Waals surface area contributed by atoms with Crippen molar-refractivity contribution >= 4 is 5.78 Å². The minimum absolute atomic E-state index is 0.119. The molecule has 0 aromatic heterocycles. The van der Waals surface area contributed by atoms with Crippen molar-refractivity contribution in [2.45, 2.75) is 84.5 Å². The van der Waals surface area contributed by atoms with Crippen LogP contribution in [-0.2, 0) is 4.79 Å². The summed E-state index contributed by atoms with van der Waals surface area (Å²) in [5.41, 5.74) is 0.119. The van der Waals surface area contributed by atoms with E-state index < -0.39 is 0 Å². The van der Waals surface area contributed by atoms with Crippen molar-refractivity contribution in [1.82, 2.24) is 0 Å². The Labute approximate surface area is 124 Å². The van der Waals surface area contributed by atoms with Gasteiger partial charge in [0.15, 0.2) is 0 Å². The average Bonchev–Trinajstić information content (AvgIpc) is 2.83. The number of ketones is 1. The van der Waals surface area contributed by atoms with Crippen LogP contribution < -0.4 is 0 Å². The fraction of sp³-hybridized carbons (Fsp3) is 0.947. The molecule has 3 aliphatic rings. The van der Waals surface area contributed by atoms with Crippen molar-refractivity contribution < 1.29 is 4.79 Å². The number of rotatable bonds is 4. The second-order valence-corrected chi connectivity index (χ2v) is 7.78. The van der Waals surface area contributed by atoms with Crippen LogP contribution in [0.2, 0.25) is 0 Å². The monoisotopic (exact) mass is 276 g/mol. The van der Waals surface area contributed by atoms with E-state index in [-0.39, 0.29) is 5.41 Å². The van der Waals surface area contributed by atoms with E-state index in [1.165, 1.54) is 57.8 Å². The highest BCUT2D eigenvalue weighted by Crippen LogP contribution is 2.60. The first-order valence-electron chi connectivity index (χ1n) is 9.26. The Morgan fingerprint density at radius 2 is 1.95 bits per heavy atom. The second kappa shape index (κ2) is 5.81. The van der Waals surface area contributed by atoms with Crippen molar-refractivity contribution in [1.29, 1.82) is 0 Å². The van der Waals surface area contributed by atoms with Crippen LogP contribution in [0.4, 0.5) is 0 Å². The molecule has 3 aliphatic carbocycles. The van der Waals surface area contributed by atoms with Crippen LogP contribution in [0.5, 0.6) is 0 Å². The maximum Gasteiger partial charge on any atom is 0.139 e. The van der Waals surface area contributed by atoms with E-state index in [0.29, 0.717) is 5.78 Å². The standard InChI is InChI=1S/C19H32O/c1-3-5-7-14-8-6-9-16-15(14)12-13-19(4-2)17(16)10-11-18(19)20/h14-17H,3-13H2,1-2H3/t14-,15+,16+,17-,19-/m0/s1. The minimum Gasteiger partial charge on any atom is -0.299 e. The number of unbranched alkanes of at least 4 members (excludes halogenated alkanes) is 1. The van der Waals surface area contributed by atoms with Gasteiger partial charge in [0, 0.05) is 11.8 Å². The number of carbonyl (C=O) groups is 1. The highest BCUT2D eigenvalue weighted by atomic mass is 16.1. The van der Waals surface area contributed by atoms with Crippen LogP contribution in [0.3, 0.4) is 0 Å². The molecular formula is C19H32O. The third-order valence-corrected chi connectivity index (χ3v) is 7.22. The van der Waals surface area contributed by atoms with Gasteiger partial charge in [0.25, 0.3) is 0 Å². The molecule has 5 atom stereocenters. The molecule has 0 radical (unpaired) electrons. The van der Waals surface area contributed by atoms with Crippen LogP contribution in [0.25, 0.3) is 0 Å². The largest absolute Gasteiger partial charge is 0.299 e. The van der Waals surface area contributed by atoms with Gasteiger partial charge < -0.3 is 0 Å². The highest BCUT2D eigenvalue weighted by molar-refractivity contribution is 5.87. The molecule has 3 rings (SSSR count). The fourth-order valence-corrected chi connectivity index (χ4v) is 6.20. The molecule has 0 heterocycles. The first-order valence-corrected chi connectivity index (χ1v) is 9.26. The second-order valence-electron chi connectivity index (χ2n) is 7.78. The summed E-state index contributed by atoms with van der Waals surface area (Å²) in [5.74, 6) is 4.22. The zero-order valence-electron chi connectivity index (χ0n) is 13.5. The van der Waals surface area contributed by atoms with Crippen LogP contribution in [-0.4, -0.2) is 5.78 Å². The van der Waals surface area contributed by atoms with Gasteiger partial charge in [0.1, 0.15) is 5.78 Å². The van der Waals surface area contributed by atoms with E-state index in [0.717, 1.165) is 36.5 Å². The molecule has 0 aromatic rings. The maximum absolute atomic E-state index is 12.5. The predicted octanol–water partition coefficient (Wildman–Crippen LogP) is 5.38. The first kappa shape index (κ1) is 14.6. The average molecular weight is 276 g/mol. The van der Waals surface area contributed by atoms with Crippen molar-refractivity contribution in [2.75, 3.05) is 0 Å². The van der Waals surface area contributed by atoms with Gasteiger partial charge in [0.2, 0.25) is 0 Å². The molecule has 3 saturated carbocycles. The Morgan fingerprint density at radius 1 is 1.10 bits per heavy atom. The van der Waals surface area contributed by atoms with Crippen molar-refractivity contribution in [3.63, 3.8) is 0 Å². The summed E-state index contributed by atoms with van der Waals surface area (Å²) in [6, 6.07) is 0. The van der Waals surface area contributed by atoms with Gasteiger partial charge in [-0.05, 0) is 55.8 Å². The van der Waals surface area contributed by atoms with E-state index in [1.54, 1.807) is 0 Å². The van der Waals surface area contributed by atoms with Crippen LogP contribution >= 0.6 is 0 Å². The summed E-state index contributed by atoms with van der Waals surface area (Å²) in [5, 5.41) is 0. The van der Waals surface area contributed by atoms with Gasteiger partial charge in [-0.3, -0.25) is 4.79 Å². The van der Waals surface area contributed by atoms with E-state index in [1.807, 2.05) is 0 Å². The molecule has 0 bridgehead atoms. The van der Waals surface area contributed by atoms with Gasteiger partial charge in [0.05, 0.1) is 0 Å². The lowest BCUT2D eigenvalue weighted by molar-refractivity contribution is -0.133. The third kappa shape index (κ3) is 2.16. The molecule has 114 valence electrons. The summed E-state index contributed by atoms with van der Waals surface area (Å²) < 4.78 is 0. The van der Waals surface area contributed by atoms with Gasteiger partial charge in [-0.2, -0.15) is 0 Å². The molecule has 0 aromatic carbocycles. The summed E-state index contributed by atoms with van der Waals surface area (Å²) in [6.07, 6.45) is 14.3. The smallest absolute Gasteiger partial charge is 0.139 e. The minimum atomic E-state index is 0.119. The highest BCUT2D eigenvalue weighted by Gasteiger charge is 2.56. The lowest BCUT2D eigenvalue weighted by atomic mass is 9.52. The molecule has 0 amide bonds. The summed E-state index contributed by atoms with van der Waals surface area (Å²) in [4.78, 5) is 12.5. The van der Waals surface area contributed by atoms with Gasteiger partial charge in [-0.25, -0.2) is 0 Å². The SMILES string of the molecule is CCCC[C@H]1CCC[C@@H]2[C@@H]1CC[C@]1(CC)C(=O)CC[C@@H]21. The van der Waals surface area contributed by atoms with Crippen LogP contribution in [0.1, 0.15) is 84.5 Å². The molecule has 3 fully saturated rings. The number of hydrogen-bond acceptors (Lipinski definition) is 1. The lowest BCUT2D eigenvalue weighted by Gasteiger charge is -2.51. The summed E-state index contributed by atoms with van der Waals surface area (Å²) in [6.45, 7) is 4.59.